The van der Waals surface area contributed by atoms with Crippen LogP contribution in [0.3, 0.4) is 0 Å². The van der Waals surface area contributed by atoms with Crippen LogP contribution in [-0.4, -0.2) is 59.9 Å². The molecular formula is C27H34N4O3. The topological polar surface area (TPSA) is 81.8 Å². The molecule has 2 aliphatic heterocycles. The van der Waals surface area contributed by atoms with Crippen LogP contribution in [0.25, 0.3) is 0 Å². The molecule has 2 N–H and O–H groups in total. The summed E-state index contributed by atoms with van der Waals surface area (Å²) in [5.41, 5.74) is 2.46. The minimum absolute atomic E-state index is 0.00605. The predicted octanol–water partition coefficient (Wildman–Crippen LogP) is 4.05. The van der Waals surface area contributed by atoms with Crippen LogP contribution in [0.15, 0.2) is 54.6 Å². The average molecular weight is 463 g/mol. The maximum Gasteiger partial charge on any atom is 0.321 e. The van der Waals surface area contributed by atoms with Crippen molar-refractivity contribution in [1.29, 1.82) is 0 Å². The van der Waals surface area contributed by atoms with Gasteiger partial charge >= 0.3 is 6.03 Å². The lowest BCUT2D eigenvalue weighted by molar-refractivity contribution is -0.136. The molecule has 2 heterocycles. The highest BCUT2D eigenvalue weighted by Gasteiger charge is 2.36. The third kappa shape index (κ3) is 5.95. The van der Waals surface area contributed by atoms with E-state index in [4.69, 9.17) is 0 Å². The van der Waals surface area contributed by atoms with E-state index in [0.717, 1.165) is 43.6 Å². The van der Waals surface area contributed by atoms with Crippen molar-refractivity contribution >= 4 is 23.5 Å². The minimum atomic E-state index is -0.576. The first-order valence-corrected chi connectivity index (χ1v) is 12.3. The molecule has 2 aromatic carbocycles. The molecule has 4 amide bonds. The van der Waals surface area contributed by atoms with Crippen molar-refractivity contribution in [3.63, 3.8) is 0 Å². The van der Waals surface area contributed by atoms with E-state index in [1.807, 2.05) is 54.3 Å². The Morgan fingerprint density at radius 1 is 0.824 bits per heavy atom. The number of hydrogen-bond acceptors (Lipinski definition) is 3. The van der Waals surface area contributed by atoms with Crippen molar-refractivity contribution in [3.8, 4) is 0 Å². The van der Waals surface area contributed by atoms with Gasteiger partial charge in [0.1, 0.15) is 6.04 Å². The van der Waals surface area contributed by atoms with Crippen molar-refractivity contribution in [3.05, 3.63) is 65.7 Å². The number of amides is 4. The fourth-order valence-corrected chi connectivity index (χ4v) is 4.78. The summed E-state index contributed by atoms with van der Waals surface area (Å²) in [4.78, 5) is 42.8. The van der Waals surface area contributed by atoms with Gasteiger partial charge in [-0.05, 0) is 69.2 Å². The van der Waals surface area contributed by atoms with Crippen LogP contribution >= 0.6 is 0 Å². The molecule has 2 fully saturated rings. The van der Waals surface area contributed by atoms with E-state index in [1.54, 1.807) is 17.0 Å². The van der Waals surface area contributed by atoms with Crippen molar-refractivity contribution in [1.82, 2.24) is 15.1 Å². The number of likely N-dealkylation sites (tertiary alicyclic amines) is 2. The monoisotopic (exact) mass is 462 g/mol. The molecule has 2 aliphatic rings. The van der Waals surface area contributed by atoms with E-state index in [-0.39, 0.29) is 23.8 Å². The molecule has 7 nitrogen and oxygen atoms in total. The molecule has 0 radical (unpaired) electrons. The second-order valence-corrected chi connectivity index (χ2v) is 9.32. The van der Waals surface area contributed by atoms with Crippen LogP contribution in [-0.2, 0) is 4.79 Å². The fraction of sp³-hybridized carbons (Fsp3) is 0.444. The van der Waals surface area contributed by atoms with Gasteiger partial charge in [-0.3, -0.25) is 9.59 Å². The maximum absolute atomic E-state index is 13.5. The molecule has 1 atom stereocenters. The van der Waals surface area contributed by atoms with Crippen molar-refractivity contribution in [2.75, 3.05) is 31.5 Å². The summed E-state index contributed by atoms with van der Waals surface area (Å²) in [7, 11) is 0. The number of hydrogen-bond donors (Lipinski definition) is 2. The number of rotatable bonds is 5. The van der Waals surface area contributed by atoms with Gasteiger partial charge in [0.05, 0.1) is 0 Å². The lowest BCUT2D eigenvalue weighted by Gasteiger charge is -2.38. The molecule has 180 valence electrons. The van der Waals surface area contributed by atoms with E-state index in [2.05, 4.69) is 10.6 Å². The molecule has 2 aromatic rings. The van der Waals surface area contributed by atoms with E-state index in [0.29, 0.717) is 31.5 Å². The van der Waals surface area contributed by atoms with Crippen LogP contribution in [0.5, 0.6) is 0 Å². The first-order chi connectivity index (χ1) is 16.5. The highest BCUT2D eigenvalue weighted by atomic mass is 16.2. The Labute approximate surface area is 201 Å². The highest BCUT2D eigenvalue weighted by molar-refractivity contribution is 5.97. The van der Waals surface area contributed by atoms with Crippen molar-refractivity contribution < 1.29 is 14.4 Å². The number of piperidine rings is 2. The third-order valence-electron chi connectivity index (χ3n) is 6.86. The Kier molecular flexibility index (Phi) is 7.83. The molecule has 0 bridgehead atoms. The minimum Gasteiger partial charge on any atom is -0.341 e. The molecule has 0 aliphatic carbocycles. The Balaban J connectivity index is 1.40. The van der Waals surface area contributed by atoms with Gasteiger partial charge in [-0.1, -0.05) is 35.9 Å². The summed E-state index contributed by atoms with van der Waals surface area (Å²) in [5.74, 6) is -0.229. The Morgan fingerprint density at radius 2 is 1.47 bits per heavy atom. The Hall–Kier alpha value is -3.35. The Morgan fingerprint density at radius 3 is 2.12 bits per heavy atom. The largest absolute Gasteiger partial charge is 0.341 e. The Bertz CT molecular complexity index is 979. The number of nitrogens with zero attached hydrogens (tertiary/aromatic N) is 2. The van der Waals surface area contributed by atoms with Gasteiger partial charge in [-0.15, -0.1) is 0 Å². The SMILES string of the molecule is Cc1ccc(NC(=O)N2CCC([C@H](NC(=O)c3ccccc3)C(=O)N3CCCCC3)CC2)cc1. The summed E-state index contributed by atoms with van der Waals surface area (Å²) >= 11 is 0. The number of carbonyl (C=O) groups excluding carboxylic acids is 3. The van der Waals surface area contributed by atoms with E-state index >= 15 is 0 Å². The zero-order chi connectivity index (χ0) is 23.9. The molecular weight excluding hydrogens is 428 g/mol. The van der Waals surface area contributed by atoms with Gasteiger partial charge in [0.15, 0.2) is 0 Å². The lowest BCUT2D eigenvalue weighted by atomic mass is 9.88. The van der Waals surface area contributed by atoms with Crippen LogP contribution in [0.1, 0.15) is 48.0 Å². The lowest BCUT2D eigenvalue weighted by Crippen LogP contribution is -2.55. The summed E-state index contributed by atoms with van der Waals surface area (Å²) in [6.07, 6.45) is 4.48. The normalized spacial score (nSPS) is 17.7. The standard InChI is InChI=1S/C27H34N4O3/c1-20-10-12-23(13-11-20)28-27(34)31-18-14-21(15-19-31)24(26(33)30-16-6-3-7-17-30)29-25(32)22-8-4-2-5-9-22/h2,4-5,8-13,21,24H,3,6-7,14-19H2,1H3,(H,28,34)(H,29,32)/t24-/m0/s1. The summed E-state index contributed by atoms with van der Waals surface area (Å²) in [6, 6.07) is 16.0. The number of carbonyl (C=O) groups is 3. The van der Waals surface area contributed by atoms with Gasteiger partial charge in [-0.2, -0.15) is 0 Å². The number of urea groups is 1. The molecule has 34 heavy (non-hydrogen) atoms. The van der Waals surface area contributed by atoms with Gasteiger partial charge < -0.3 is 20.4 Å². The highest BCUT2D eigenvalue weighted by Crippen LogP contribution is 2.24. The van der Waals surface area contributed by atoms with E-state index in [9.17, 15) is 14.4 Å². The van der Waals surface area contributed by atoms with Gasteiger partial charge in [0.2, 0.25) is 5.91 Å². The molecule has 0 aromatic heterocycles. The second kappa shape index (κ2) is 11.2. The van der Waals surface area contributed by atoms with Gasteiger partial charge in [0.25, 0.3) is 5.91 Å². The second-order valence-electron chi connectivity index (χ2n) is 9.32. The fourth-order valence-electron chi connectivity index (χ4n) is 4.78. The number of nitrogens with one attached hydrogen (secondary N) is 2. The summed E-state index contributed by atoms with van der Waals surface area (Å²) in [6.45, 7) is 4.60. The third-order valence-corrected chi connectivity index (χ3v) is 6.86. The zero-order valence-corrected chi connectivity index (χ0v) is 19.8. The zero-order valence-electron chi connectivity index (χ0n) is 19.8. The van der Waals surface area contributed by atoms with Crippen LogP contribution in [0, 0.1) is 12.8 Å². The van der Waals surface area contributed by atoms with Gasteiger partial charge in [0, 0.05) is 37.4 Å². The van der Waals surface area contributed by atoms with E-state index in [1.165, 1.54) is 0 Å². The first kappa shape index (κ1) is 23.8. The van der Waals surface area contributed by atoms with Crippen LogP contribution in [0.2, 0.25) is 0 Å². The van der Waals surface area contributed by atoms with Crippen LogP contribution < -0.4 is 10.6 Å². The summed E-state index contributed by atoms with van der Waals surface area (Å²) < 4.78 is 0. The first-order valence-electron chi connectivity index (χ1n) is 12.3. The van der Waals surface area contributed by atoms with Crippen molar-refractivity contribution in [2.24, 2.45) is 5.92 Å². The van der Waals surface area contributed by atoms with E-state index < -0.39 is 6.04 Å². The van der Waals surface area contributed by atoms with Crippen molar-refractivity contribution in [2.45, 2.75) is 45.1 Å². The van der Waals surface area contributed by atoms with Crippen LogP contribution in [0.4, 0.5) is 10.5 Å². The number of aryl methyl sites for hydroxylation is 1. The molecule has 0 spiro atoms. The average Bonchev–Trinajstić information content (AvgIpc) is 2.89. The molecule has 2 saturated heterocycles. The molecule has 4 rings (SSSR count). The number of anilines is 1. The molecule has 7 heteroatoms. The maximum atomic E-state index is 13.5. The summed E-state index contributed by atoms with van der Waals surface area (Å²) in [5, 5.41) is 5.99. The van der Waals surface area contributed by atoms with Gasteiger partial charge in [-0.25, -0.2) is 4.79 Å². The molecule has 0 saturated carbocycles. The number of benzene rings is 2. The predicted molar refractivity (Wildman–Crippen MR) is 133 cm³/mol. The smallest absolute Gasteiger partial charge is 0.321 e. The molecule has 0 unspecified atom stereocenters. The quantitative estimate of drug-likeness (QED) is 0.703.